The highest BCUT2D eigenvalue weighted by molar-refractivity contribution is 9.10. The number of aromatic nitrogens is 1. The average Bonchev–Trinajstić information content (AvgIpc) is 2.34. The number of pyridine rings is 1. The van der Waals surface area contributed by atoms with Crippen LogP contribution in [0.25, 0.3) is 0 Å². The molecule has 19 heavy (non-hydrogen) atoms. The Bertz CT molecular complexity index is 649. The zero-order valence-corrected chi connectivity index (χ0v) is 12.3. The lowest BCUT2D eigenvalue weighted by Gasteiger charge is -2.06. The predicted molar refractivity (Wildman–Crippen MR) is 74.2 cm³/mol. The quantitative estimate of drug-likeness (QED) is 0.911. The van der Waals surface area contributed by atoms with Crippen LogP contribution in [0.4, 0.5) is 4.39 Å². The third-order valence-electron chi connectivity index (χ3n) is 2.43. The number of carbonyl (C=O) groups is 1. The molecule has 1 aromatic carbocycles. The van der Waals surface area contributed by atoms with Gasteiger partial charge >= 0.3 is 5.97 Å². The summed E-state index contributed by atoms with van der Waals surface area (Å²) in [5.41, 5.74) is 0.878. The first-order valence-electron chi connectivity index (χ1n) is 5.30. The summed E-state index contributed by atoms with van der Waals surface area (Å²) >= 11 is 4.23. The zero-order valence-electron chi connectivity index (χ0n) is 9.85. The minimum absolute atomic E-state index is 0.211. The Hall–Kier alpha value is -1.40. The van der Waals surface area contributed by atoms with Crippen molar-refractivity contribution in [3.8, 4) is 0 Å². The maximum atomic E-state index is 13.6. The third-order valence-corrected chi connectivity index (χ3v) is 3.85. The van der Waals surface area contributed by atoms with Gasteiger partial charge in [0.15, 0.2) is 5.82 Å². The Morgan fingerprint density at radius 1 is 1.42 bits per heavy atom. The molecule has 0 saturated heterocycles. The largest absolute Gasteiger partial charge is 0.478 e. The molecule has 0 aliphatic rings. The molecule has 1 aromatic heterocycles. The molecule has 2 aromatic rings. The van der Waals surface area contributed by atoms with Gasteiger partial charge in [0.1, 0.15) is 5.03 Å². The van der Waals surface area contributed by atoms with Crippen molar-refractivity contribution in [3.63, 3.8) is 0 Å². The molecule has 0 bridgehead atoms. The van der Waals surface area contributed by atoms with Crippen molar-refractivity contribution in [1.29, 1.82) is 0 Å². The standard InChI is InChI=1S/C13H9BrFNO2S/c1-7-2-3-9(5-10(7)13(17)18)19-12-11(15)4-8(14)6-16-12/h2-6H,1H3,(H,17,18). The summed E-state index contributed by atoms with van der Waals surface area (Å²) in [5, 5.41) is 9.25. The highest BCUT2D eigenvalue weighted by Crippen LogP contribution is 2.30. The molecule has 0 fully saturated rings. The van der Waals surface area contributed by atoms with E-state index in [0.717, 1.165) is 11.8 Å². The molecule has 2 rings (SSSR count). The topological polar surface area (TPSA) is 50.2 Å². The van der Waals surface area contributed by atoms with Crippen molar-refractivity contribution in [3.05, 3.63) is 51.9 Å². The van der Waals surface area contributed by atoms with E-state index in [9.17, 15) is 9.18 Å². The normalized spacial score (nSPS) is 10.5. The van der Waals surface area contributed by atoms with Crippen LogP contribution in [0.1, 0.15) is 15.9 Å². The second-order valence-electron chi connectivity index (χ2n) is 3.82. The molecule has 1 heterocycles. The van der Waals surface area contributed by atoms with E-state index in [1.54, 1.807) is 19.1 Å². The molecule has 0 saturated carbocycles. The number of rotatable bonds is 3. The molecular formula is C13H9BrFNO2S. The Balaban J connectivity index is 2.33. The Morgan fingerprint density at radius 2 is 2.16 bits per heavy atom. The van der Waals surface area contributed by atoms with Crippen LogP contribution in [-0.4, -0.2) is 16.1 Å². The van der Waals surface area contributed by atoms with Crippen molar-refractivity contribution in [2.75, 3.05) is 0 Å². The third kappa shape index (κ3) is 3.33. The van der Waals surface area contributed by atoms with Crippen molar-refractivity contribution < 1.29 is 14.3 Å². The van der Waals surface area contributed by atoms with E-state index in [1.165, 1.54) is 18.3 Å². The van der Waals surface area contributed by atoms with E-state index in [2.05, 4.69) is 20.9 Å². The summed E-state index contributed by atoms with van der Waals surface area (Å²) in [7, 11) is 0. The molecule has 0 aliphatic carbocycles. The first kappa shape index (κ1) is 14.0. The summed E-state index contributed by atoms with van der Waals surface area (Å²) in [6.07, 6.45) is 1.50. The van der Waals surface area contributed by atoms with Crippen molar-refractivity contribution >= 4 is 33.7 Å². The number of aromatic carboxylic acids is 1. The van der Waals surface area contributed by atoms with E-state index in [0.29, 0.717) is 14.9 Å². The number of hydrogen-bond acceptors (Lipinski definition) is 3. The highest BCUT2D eigenvalue weighted by atomic mass is 79.9. The fourth-order valence-corrected chi connectivity index (χ4v) is 2.59. The minimum Gasteiger partial charge on any atom is -0.478 e. The molecule has 0 spiro atoms. The first-order chi connectivity index (χ1) is 8.97. The predicted octanol–water partition coefficient (Wildman–Crippen LogP) is 4.14. The average molecular weight is 342 g/mol. The molecule has 0 atom stereocenters. The minimum atomic E-state index is -0.996. The number of aryl methyl sites for hydroxylation is 1. The van der Waals surface area contributed by atoms with E-state index >= 15 is 0 Å². The lowest BCUT2D eigenvalue weighted by atomic mass is 10.1. The van der Waals surface area contributed by atoms with Gasteiger partial charge in [-0.1, -0.05) is 17.8 Å². The fourth-order valence-electron chi connectivity index (χ4n) is 1.48. The second-order valence-corrected chi connectivity index (χ2v) is 5.80. The van der Waals surface area contributed by atoms with Gasteiger partial charge in [0.25, 0.3) is 0 Å². The van der Waals surface area contributed by atoms with Crippen LogP contribution < -0.4 is 0 Å². The molecular weight excluding hydrogens is 333 g/mol. The molecule has 0 unspecified atom stereocenters. The summed E-state index contributed by atoms with van der Waals surface area (Å²) in [6, 6.07) is 6.28. The van der Waals surface area contributed by atoms with Crippen LogP contribution in [0.15, 0.2) is 44.9 Å². The van der Waals surface area contributed by atoms with Crippen LogP contribution in [-0.2, 0) is 0 Å². The van der Waals surface area contributed by atoms with Gasteiger partial charge in [0, 0.05) is 15.6 Å². The molecule has 0 amide bonds. The summed E-state index contributed by atoms with van der Waals surface area (Å²) in [4.78, 5) is 15.6. The number of carboxylic acids is 1. The van der Waals surface area contributed by atoms with E-state index in [4.69, 9.17) is 5.11 Å². The molecule has 3 nitrogen and oxygen atoms in total. The Labute approximate surface area is 122 Å². The van der Waals surface area contributed by atoms with Crippen LogP contribution in [0.3, 0.4) is 0 Å². The molecule has 0 radical (unpaired) electrons. The second kappa shape index (κ2) is 5.71. The summed E-state index contributed by atoms with van der Waals surface area (Å²) in [5.74, 6) is -1.44. The monoisotopic (exact) mass is 341 g/mol. The van der Waals surface area contributed by atoms with Gasteiger partial charge in [-0.05, 0) is 46.6 Å². The van der Waals surface area contributed by atoms with Crippen molar-refractivity contribution in [2.45, 2.75) is 16.8 Å². The number of nitrogens with zero attached hydrogens (tertiary/aromatic N) is 1. The molecule has 98 valence electrons. The maximum Gasteiger partial charge on any atom is 0.335 e. The lowest BCUT2D eigenvalue weighted by Crippen LogP contribution is -1.99. The first-order valence-corrected chi connectivity index (χ1v) is 6.91. The maximum absolute atomic E-state index is 13.6. The zero-order chi connectivity index (χ0) is 14.0. The smallest absolute Gasteiger partial charge is 0.335 e. The number of halogens is 2. The van der Waals surface area contributed by atoms with Gasteiger partial charge in [-0.25, -0.2) is 14.2 Å². The van der Waals surface area contributed by atoms with Gasteiger partial charge in [0.2, 0.25) is 0 Å². The molecule has 6 heteroatoms. The molecule has 0 aliphatic heterocycles. The number of carboxylic acid groups (broad SMARTS) is 1. The molecule has 1 N–H and O–H groups in total. The fraction of sp³-hybridized carbons (Fsp3) is 0.0769. The lowest BCUT2D eigenvalue weighted by molar-refractivity contribution is 0.0696. The van der Waals surface area contributed by atoms with Crippen LogP contribution in [0.5, 0.6) is 0 Å². The van der Waals surface area contributed by atoms with Gasteiger partial charge in [-0.2, -0.15) is 0 Å². The number of hydrogen-bond donors (Lipinski definition) is 1. The van der Waals surface area contributed by atoms with Crippen molar-refractivity contribution in [1.82, 2.24) is 4.98 Å². The van der Waals surface area contributed by atoms with Gasteiger partial charge in [0.05, 0.1) is 5.56 Å². The highest BCUT2D eigenvalue weighted by Gasteiger charge is 2.11. The SMILES string of the molecule is Cc1ccc(Sc2ncc(Br)cc2F)cc1C(=O)O. The Morgan fingerprint density at radius 3 is 2.79 bits per heavy atom. The van der Waals surface area contributed by atoms with Crippen LogP contribution in [0, 0.1) is 12.7 Å². The van der Waals surface area contributed by atoms with Gasteiger partial charge in [-0.15, -0.1) is 0 Å². The van der Waals surface area contributed by atoms with E-state index < -0.39 is 11.8 Å². The van der Waals surface area contributed by atoms with Crippen LogP contribution in [0.2, 0.25) is 0 Å². The summed E-state index contributed by atoms with van der Waals surface area (Å²) < 4.78 is 14.2. The van der Waals surface area contributed by atoms with Crippen LogP contribution >= 0.6 is 27.7 Å². The van der Waals surface area contributed by atoms with E-state index in [1.807, 2.05) is 0 Å². The number of benzene rings is 1. The van der Waals surface area contributed by atoms with E-state index in [-0.39, 0.29) is 10.6 Å². The summed E-state index contributed by atoms with van der Waals surface area (Å²) in [6.45, 7) is 1.72. The Kier molecular flexibility index (Phi) is 4.21. The van der Waals surface area contributed by atoms with Gasteiger partial charge in [-0.3, -0.25) is 0 Å². The van der Waals surface area contributed by atoms with Gasteiger partial charge < -0.3 is 5.11 Å². The van der Waals surface area contributed by atoms with Crippen molar-refractivity contribution in [2.24, 2.45) is 0 Å².